The Labute approximate surface area is 82.1 Å². The Morgan fingerprint density at radius 1 is 1.69 bits per heavy atom. The van der Waals surface area contributed by atoms with Gasteiger partial charge in [0.15, 0.2) is 0 Å². The van der Waals surface area contributed by atoms with Crippen LogP contribution < -0.4 is 5.32 Å². The third kappa shape index (κ3) is 1.75. The molecule has 0 atom stereocenters. The molecule has 1 fully saturated rings. The number of hydrogen-bond donors (Lipinski definition) is 1. The maximum atomic E-state index is 5.50. The smallest absolute Gasteiger partial charge is 0.0974 e. The first kappa shape index (κ1) is 9.12. The van der Waals surface area contributed by atoms with Crippen molar-refractivity contribution in [3.8, 4) is 0 Å². The molecular formula is C9H14N2OS. The number of methoxy groups -OCH3 is 1. The topological polar surface area (TPSA) is 34.1 Å². The van der Waals surface area contributed by atoms with Gasteiger partial charge in [0, 0.05) is 37.7 Å². The number of hydrogen-bond acceptors (Lipinski definition) is 4. The molecule has 0 amide bonds. The molecule has 72 valence electrons. The van der Waals surface area contributed by atoms with Gasteiger partial charge < -0.3 is 10.1 Å². The van der Waals surface area contributed by atoms with Gasteiger partial charge in [-0.25, -0.2) is 4.98 Å². The normalized spacial score (nSPS) is 19.8. The van der Waals surface area contributed by atoms with Crippen LogP contribution in [0, 0.1) is 6.92 Å². The minimum atomic E-state index is 0.0406. The molecule has 0 bridgehead atoms. The summed E-state index contributed by atoms with van der Waals surface area (Å²) in [6.07, 6.45) is 2.95. The van der Waals surface area contributed by atoms with Crippen molar-refractivity contribution in [1.29, 1.82) is 0 Å². The third-order valence-electron chi connectivity index (χ3n) is 2.49. The Balaban J connectivity index is 2.04. The number of nitrogens with zero attached hydrogens (tertiary/aromatic N) is 1. The van der Waals surface area contributed by atoms with Crippen molar-refractivity contribution >= 4 is 11.3 Å². The molecule has 0 aliphatic carbocycles. The fraction of sp³-hybridized carbons (Fsp3) is 0.667. The number of thiazole rings is 1. The lowest BCUT2D eigenvalue weighted by atomic mass is 9.92. The molecule has 2 heterocycles. The second-order valence-corrected chi connectivity index (χ2v) is 4.83. The molecule has 0 radical (unpaired) electrons. The van der Waals surface area contributed by atoms with E-state index in [0.717, 1.165) is 24.5 Å². The number of aromatic nitrogens is 1. The Morgan fingerprint density at radius 2 is 2.46 bits per heavy atom. The summed E-state index contributed by atoms with van der Waals surface area (Å²) in [5.41, 5.74) is 0.0406. The average molecular weight is 198 g/mol. The minimum absolute atomic E-state index is 0.0406. The first-order valence-corrected chi connectivity index (χ1v) is 5.23. The third-order valence-corrected chi connectivity index (χ3v) is 3.41. The number of ether oxygens (including phenoxy) is 1. The summed E-state index contributed by atoms with van der Waals surface area (Å²) in [7, 11) is 1.79. The van der Waals surface area contributed by atoms with E-state index in [1.54, 1.807) is 18.4 Å². The fourth-order valence-electron chi connectivity index (χ4n) is 1.55. The molecule has 1 aromatic rings. The molecule has 1 aromatic heterocycles. The Kier molecular flexibility index (Phi) is 2.36. The van der Waals surface area contributed by atoms with Gasteiger partial charge in [0.2, 0.25) is 0 Å². The molecule has 4 heteroatoms. The van der Waals surface area contributed by atoms with E-state index in [0.29, 0.717) is 0 Å². The van der Waals surface area contributed by atoms with Crippen LogP contribution in [0.3, 0.4) is 0 Å². The summed E-state index contributed by atoms with van der Waals surface area (Å²) in [6.45, 7) is 3.95. The monoisotopic (exact) mass is 198 g/mol. The van der Waals surface area contributed by atoms with Gasteiger partial charge in [-0.2, -0.15) is 0 Å². The van der Waals surface area contributed by atoms with E-state index in [9.17, 15) is 0 Å². The van der Waals surface area contributed by atoms with Crippen LogP contribution in [0.2, 0.25) is 0 Å². The van der Waals surface area contributed by atoms with E-state index >= 15 is 0 Å². The highest BCUT2D eigenvalue weighted by molar-refractivity contribution is 7.11. The minimum Gasteiger partial charge on any atom is -0.375 e. The molecule has 0 unspecified atom stereocenters. The van der Waals surface area contributed by atoms with Gasteiger partial charge in [-0.3, -0.25) is 0 Å². The van der Waals surface area contributed by atoms with Gasteiger partial charge in [0.25, 0.3) is 0 Å². The zero-order valence-corrected chi connectivity index (χ0v) is 8.78. The summed E-state index contributed by atoms with van der Waals surface area (Å²) in [5.74, 6) is 0. The largest absolute Gasteiger partial charge is 0.375 e. The SMILES string of the molecule is COC1(Cc2cnc(C)s2)CNC1. The quantitative estimate of drug-likeness (QED) is 0.786. The highest BCUT2D eigenvalue weighted by atomic mass is 32.1. The van der Waals surface area contributed by atoms with E-state index < -0.39 is 0 Å². The van der Waals surface area contributed by atoms with E-state index in [1.165, 1.54) is 4.88 Å². The molecular weight excluding hydrogens is 184 g/mol. The summed E-state index contributed by atoms with van der Waals surface area (Å²) in [4.78, 5) is 5.56. The summed E-state index contributed by atoms with van der Waals surface area (Å²) in [5, 5.41) is 4.37. The van der Waals surface area contributed by atoms with Gasteiger partial charge in [-0.15, -0.1) is 11.3 Å². The Hall–Kier alpha value is -0.450. The maximum Gasteiger partial charge on any atom is 0.0974 e. The molecule has 0 saturated carbocycles. The number of rotatable bonds is 3. The first-order chi connectivity index (χ1) is 6.24. The molecule has 1 aliphatic rings. The van der Waals surface area contributed by atoms with Crippen molar-refractivity contribution in [1.82, 2.24) is 10.3 Å². The molecule has 2 rings (SSSR count). The van der Waals surface area contributed by atoms with Crippen molar-refractivity contribution < 1.29 is 4.74 Å². The molecule has 1 N–H and O–H groups in total. The van der Waals surface area contributed by atoms with Gasteiger partial charge in [0.1, 0.15) is 0 Å². The van der Waals surface area contributed by atoms with E-state index in [-0.39, 0.29) is 5.60 Å². The molecule has 3 nitrogen and oxygen atoms in total. The maximum absolute atomic E-state index is 5.50. The standard InChI is InChI=1S/C9H14N2OS/c1-7-11-4-8(13-7)3-9(12-2)5-10-6-9/h4,10H,3,5-6H2,1-2H3. The zero-order valence-electron chi connectivity index (χ0n) is 7.96. The van der Waals surface area contributed by atoms with E-state index in [1.807, 2.05) is 13.1 Å². The number of aryl methyl sites for hydroxylation is 1. The summed E-state index contributed by atoms with van der Waals surface area (Å²) in [6, 6.07) is 0. The van der Waals surface area contributed by atoms with Crippen molar-refractivity contribution in [3.05, 3.63) is 16.1 Å². The van der Waals surface area contributed by atoms with Crippen molar-refractivity contribution in [2.24, 2.45) is 0 Å². The lowest BCUT2D eigenvalue weighted by molar-refractivity contribution is -0.0496. The van der Waals surface area contributed by atoms with Crippen LogP contribution in [-0.2, 0) is 11.2 Å². The van der Waals surface area contributed by atoms with Crippen LogP contribution in [0.1, 0.15) is 9.88 Å². The lowest BCUT2D eigenvalue weighted by Crippen LogP contribution is -2.61. The van der Waals surface area contributed by atoms with E-state index in [2.05, 4.69) is 10.3 Å². The number of nitrogens with one attached hydrogen (secondary N) is 1. The van der Waals surface area contributed by atoms with Crippen LogP contribution in [0.25, 0.3) is 0 Å². The predicted octanol–water partition coefficient (Wildman–Crippen LogP) is 0.982. The van der Waals surface area contributed by atoms with Gasteiger partial charge in [0.05, 0.1) is 10.6 Å². The Bertz CT molecular complexity index is 288. The predicted molar refractivity (Wildman–Crippen MR) is 53.2 cm³/mol. The lowest BCUT2D eigenvalue weighted by Gasteiger charge is -2.41. The Morgan fingerprint density at radius 3 is 2.85 bits per heavy atom. The van der Waals surface area contributed by atoms with Crippen LogP contribution in [0.4, 0.5) is 0 Å². The second-order valence-electron chi connectivity index (χ2n) is 3.51. The molecule has 1 aliphatic heterocycles. The van der Waals surface area contributed by atoms with Crippen LogP contribution in [0.5, 0.6) is 0 Å². The zero-order chi connectivity index (χ0) is 9.31. The summed E-state index contributed by atoms with van der Waals surface area (Å²) >= 11 is 1.76. The fourth-order valence-corrected chi connectivity index (χ4v) is 2.48. The van der Waals surface area contributed by atoms with Crippen LogP contribution in [0.15, 0.2) is 6.20 Å². The van der Waals surface area contributed by atoms with Gasteiger partial charge in [-0.1, -0.05) is 0 Å². The average Bonchev–Trinajstić information content (AvgIpc) is 2.44. The molecule has 1 saturated heterocycles. The van der Waals surface area contributed by atoms with Crippen LogP contribution >= 0.6 is 11.3 Å². The highest BCUT2D eigenvalue weighted by Crippen LogP contribution is 2.24. The molecule has 0 aromatic carbocycles. The van der Waals surface area contributed by atoms with Crippen LogP contribution in [-0.4, -0.2) is 30.8 Å². The van der Waals surface area contributed by atoms with Crippen molar-refractivity contribution in [2.45, 2.75) is 18.9 Å². The van der Waals surface area contributed by atoms with Gasteiger partial charge >= 0.3 is 0 Å². The second kappa shape index (κ2) is 3.36. The first-order valence-electron chi connectivity index (χ1n) is 4.41. The summed E-state index contributed by atoms with van der Waals surface area (Å²) < 4.78 is 5.50. The molecule has 0 spiro atoms. The van der Waals surface area contributed by atoms with Gasteiger partial charge in [-0.05, 0) is 6.92 Å². The van der Waals surface area contributed by atoms with E-state index in [4.69, 9.17) is 4.74 Å². The van der Waals surface area contributed by atoms with Crippen molar-refractivity contribution in [3.63, 3.8) is 0 Å². The highest BCUT2D eigenvalue weighted by Gasteiger charge is 2.37. The van der Waals surface area contributed by atoms with Crippen molar-refractivity contribution in [2.75, 3.05) is 20.2 Å². The molecule has 13 heavy (non-hydrogen) atoms.